The van der Waals surface area contributed by atoms with Crippen molar-refractivity contribution in [3.05, 3.63) is 35.9 Å². The molecule has 1 aromatic rings. The third kappa shape index (κ3) is 3.23. The van der Waals surface area contributed by atoms with Crippen molar-refractivity contribution < 1.29 is 9.53 Å². The van der Waals surface area contributed by atoms with Crippen LogP contribution in [0, 0.1) is 0 Å². The summed E-state index contributed by atoms with van der Waals surface area (Å²) in [5, 5.41) is 0. The number of carbonyl (C=O) groups excluding carboxylic acids is 1. The number of hydrogen-bond donors (Lipinski definition) is 0. The zero-order chi connectivity index (χ0) is 10.4. The Labute approximate surface area is 88.1 Å². The van der Waals surface area contributed by atoms with Gasteiger partial charge in [0.2, 0.25) is 0 Å². The number of alkyl halides is 1. The van der Waals surface area contributed by atoms with Crippen LogP contribution < -0.4 is 4.74 Å². The quantitative estimate of drug-likeness (QED) is 0.564. The minimum atomic E-state index is -0.0949. The van der Waals surface area contributed by atoms with Gasteiger partial charge in [0.05, 0.1) is 13.0 Å². The Bertz CT molecular complexity index is 328. The molecule has 0 amide bonds. The first kappa shape index (κ1) is 10.8. The van der Waals surface area contributed by atoms with Crippen LogP contribution in [0.15, 0.2) is 30.3 Å². The maximum atomic E-state index is 10.9. The number of ether oxygens (including phenoxy) is 1. The average Bonchev–Trinajstić information content (AvgIpc) is 2.26. The van der Waals surface area contributed by atoms with E-state index in [1.165, 1.54) is 6.08 Å². The van der Waals surface area contributed by atoms with Crippen LogP contribution in [0.5, 0.6) is 5.75 Å². The van der Waals surface area contributed by atoms with E-state index in [0.29, 0.717) is 0 Å². The second kappa shape index (κ2) is 5.45. The molecule has 0 heterocycles. The lowest BCUT2D eigenvalue weighted by atomic mass is 10.2. The molecule has 0 aromatic heterocycles. The van der Waals surface area contributed by atoms with Crippen molar-refractivity contribution in [2.24, 2.45) is 0 Å². The molecule has 3 heteroatoms. The lowest BCUT2D eigenvalue weighted by molar-refractivity contribution is -0.112. The molecule has 1 rings (SSSR count). The minimum absolute atomic E-state index is 0.0205. The maximum absolute atomic E-state index is 10.9. The molecule has 2 nitrogen and oxygen atoms in total. The normalized spacial score (nSPS) is 10.4. The summed E-state index contributed by atoms with van der Waals surface area (Å²) < 4.78 is 5.00. The summed E-state index contributed by atoms with van der Waals surface area (Å²) in [7, 11) is 1.61. The average molecular weight is 211 g/mol. The first-order valence-electron chi connectivity index (χ1n) is 4.17. The molecule has 0 saturated carbocycles. The van der Waals surface area contributed by atoms with Gasteiger partial charge in [0.15, 0.2) is 5.78 Å². The number of allylic oxidation sites excluding steroid dienone is 1. The summed E-state index contributed by atoms with van der Waals surface area (Å²) in [6.45, 7) is 0. The summed E-state index contributed by atoms with van der Waals surface area (Å²) >= 11 is 5.35. The summed E-state index contributed by atoms with van der Waals surface area (Å²) in [5.74, 6) is 0.723. The highest BCUT2D eigenvalue weighted by molar-refractivity contribution is 6.29. The standard InChI is InChI=1S/C11H11ClO2/c1-14-11-6-3-9(4-7-11)2-5-10(13)8-12/h2-7H,8H2,1H3/b5-2+. The molecule has 14 heavy (non-hydrogen) atoms. The fraction of sp³-hybridized carbons (Fsp3) is 0.182. The molecule has 0 unspecified atom stereocenters. The van der Waals surface area contributed by atoms with E-state index in [1.54, 1.807) is 13.2 Å². The molecule has 0 saturated heterocycles. The summed E-state index contributed by atoms with van der Waals surface area (Å²) in [6, 6.07) is 7.42. The third-order valence-corrected chi connectivity index (χ3v) is 1.97. The highest BCUT2D eigenvalue weighted by Crippen LogP contribution is 2.12. The van der Waals surface area contributed by atoms with E-state index in [0.717, 1.165) is 11.3 Å². The van der Waals surface area contributed by atoms with Crippen LogP contribution in [0.25, 0.3) is 6.08 Å². The fourth-order valence-electron chi connectivity index (χ4n) is 0.949. The zero-order valence-corrected chi connectivity index (χ0v) is 8.62. The number of ketones is 1. The number of methoxy groups -OCH3 is 1. The predicted octanol–water partition coefficient (Wildman–Crippen LogP) is 2.52. The van der Waals surface area contributed by atoms with Crippen molar-refractivity contribution in [1.82, 2.24) is 0 Å². The Kier molecular flexibility index (Phi) is 4.20. The monoisotopic (exact) mass is 210 g/mol. The zero-order valence-electron chi connectivity index (χ0n) is 7.87. The second-order valence-electron chi connectivity index (χ2n) is 2.71. The first-order valence-corrected chi connectivity index (χ1v) is 4.70. The van der Waals surface area contributed by atoms with Gasteiger partial charge < -0.3 is 4.74 Å². The molecule has 1 aromatic carbocycles. The van der Waals surface area contributed by atoms with Gasteiger partial charge in [-0.1, -0.05) is 18.2 Å². The molecule has 0 fully saturated rings. The van der Waals surface area contributed by atoms with Crippen molar-refractivity contribution in [2.45, 2.75) is 0 Å². The second-order valence-corrected chi connectivity index (χ2v) is 2.97. The number of halogens is 1. The van der Waals surface area contributed by atoms with Crippen LogP contribution in [0.4, 0.5) is 0 Å². The van der Waals surface area contributed by atoms with Crippen molar-refractivity contribution in [3.63, 3.8) is 0 Å². The van der Waals surface area contributed by atoms with Crippen LogP contribution in [0.1, 0.15) is 5.56 Å². The summed E-state index contributed by atoms with van der Waals surface area (Å²) in [4.78, 5) is 10.9. The van der Waals surface area contributed by atoms with Gasteiger partial charge in [-0.05, 0) is 23.8 Å². The molecule has 74 valence electrons. The predicted molar refractivity (Wildman–Crippen MR) is 57.8 cm³/mol. The van der Waals surface area contributed by atoms with Crippen LogP contribution in [0.3, 0.4) is 0 Å². The fourth-order valence-corrected chi connectivity index (χ4v) is 1.04. The molecule has 0 bridgehead atoms. The van der Waals surface area contributed by atoms with Crippen LogP contribution in [0.2, 0.25) is 0 Å². The molecule has 0 N–H and O–H groups in total. The van der Waals surface area contributed by atoms with Crippen molar-refractivity contribution in [3.8, 4) is 5.75 Å². The van der Waals surface area contributed by atoms with Gasteiger partial charge in [0, 0.05) is 0 Å². The lowest BCUT2D eigenvalue weighted by Crippen LogP contribution is -1.91. The third-order valence-electron chi connectivity index (χ3n) is 1.71. The van der Waals surface area contributed by atoms with Gasteiger partial charge in [-0.2, -0.15) is 0 Å². The van der Waals surface area contributed by atoms with E-state index in [2.05, 4.69) is 0 Å². The van der Waals surface area contributed by atoms with E-state index in [9.17, 15) is 4.79 Å². The Hall–Kier alpha value is -1.28. The van der Waals surface area contributed by atoms with Gasteiger partial charge in [-0.15, -0.1) is 11.6 Å². The Morgan fingerprint density at radius 2 is 2.07 bits per heavy atom. The molecule has 0 atom stereocenters. The van der Waals surface area contributed by atoms with Gasteiger partial charge >= 0.3 is 0 Å². The van der Waals surface area contributed by atoms with Crippen molar-refractivity contribution >= 4 is 23.5 Å². The van der Waals surface area contributed by atoms with Crippen LogP contribution in [-0.4, -0.2) is 18.8 Å². The lowest BCUT2D eigenvalue weighted by Gasteiger charge is -1.98. The van der Waals surface area contributed by atoms with Crippen LogP contribution in [-0.2, 0) is 4.79 Å². The number of hydrogen-bond acceptors (Lipinski definition) is 2. The maximum Gasteiger partial charge on any atom is 0.170 e. The number of benzene rings is 1. The van der Waals surface area contributed by atoms with Gasteiger partial charge in [-0.3, -0.25) is 4.79 Å². The van der Waals surface area contributed by atoms with E-state index in [-0.39, 0.29) is 11.7 Å². The molecule has 0 spiro atoms. The Balaban J connectivity index is 2.68. The van der Waals surface area contributed by atoms with E-state index in [1.807, 2.05) is 24.3 Å². The molecular formula is C11H11ClO2. The van der Waals surface area contributed by atoms with Gasteiger partial charge in [0.25, 0.3) is 0 Å². The molecule has 0 aliphatic carbocycles. The van der Waals surface area contributed by atoms with Gasteiger partial charge in [-0.25, -0.2) is 0 Å². The van der Waals surface area contributed by atoms with Crippen molar-refractivity contribution in [2.75, 3.05) is 13.0 Å². The molecule has 0 radical (unpaired) electrons. The molecule has 0 aliphatic heterocycles. The molecular weight excluding hydrogens is 200 g/mol. The molecule has 0 aliphatic rings. The largest absolute Gasteiger partial charge is 0.497 e. The summed E-state index contributed by atoms with van der Waals surface area (Å²) in [5.41, 5.74) is 0.948. The Morgan fingerprint density at radius 3 is 2.57 bits per heavy atom. The van der Waals surface area contributed by atoms with E-state index >= 15 is 0 Å². The van der Waals surface area contributed by atoms with Crippen molar-refractivity contribution in [1.29, 1.82) is 0 Å². The van der Waals surface area contributed by atoms with Crippen LogP contribution >= 0.6 is 11.6 Å². The van der Waals surface area contributed by atoms with E-state index in [4.69, 9.17) is 16.3 Å². The highest BCUT2D eigenvalue weighted by Gasteiger charge is 1.93. The number of rotatable bonds is 4. The summed E-state index contributed by atoms with van der Waals surface area (Å²) in [6.07, 6.45) is 3.19. The van der Waals surface area contributed by atoms with Gasteiger partial charge in [0.1, 0.15) is 5.75 Å². The van der Waals surface area contributed by atoms with E-state index < -0.39 is 0 Å². The Morgan fingerprint density at radius 1 is 1.43 bits per heavy atom. The topological polar surface area (TPSA) is 26.3 Å². The SMILES string of the molecule is COc1ccc(/C=C/C(=O)CCl)cc1. The number of carbonyl (C=O) groups is 1. The smallest absolute Gasteiger partial charge is 0.170 e. The first-order chi connectivity index (χ1) is 6.76. The highest BCUT2D eigenvalue weighted by atomic mass is 35.5. The minimum Gasteiger partial charge on any atom is -0.497 e.